The number of carbonyl (C=O) groups excluding carboxylic acids is 1. The lowest BCUT2D eigenvalue weighted by atomic mass is 10.2. The number of piperazine rings is 1. The van der Waals surface area contributed by atoms with Gasteiger partial charge in [0, 0.05) is 45.4 Å². The number of nitrogens with zero attached hydrogens (tertiary/aromatic N) is 2. The van der Waals surface area contributed by atoms with Crippen LogP contribution in [0.1, 0.15) is 19.8 Å². The van der Waals surface area contributed by atoms with Crippen LogP contribution in [0.2, 0.25) is 0 Å². The van der Waals surface area contributed by atoms with Crippen molar-refractivity contribution < 1.29 is 9.53 Å². The number of hydrogen-bond acceptors (Lipinski definition) is 3. The van der Waals surface area contributed by atoms with Crippen LogP contribution in [-0.2, 0) is 4.74 Å². The number of rotatable bonds is 4. The lowest BCUT2D eigenvalue weighted by molar-refractivity contribution is 0.0660. The summed E-state index contributed by atoms with van der Waals surface area (Å²) in [6, 6.07) is 1.01. The van der Waals surface area contributed by atoms with E-state index in [1.54, 1.807) is 7.11 Å². The lowest BCUT2D eigenvalue weighted by Gasteiger charge is -2.37. The highest BCUT2D eigenvalue weighted by molar-refractivity contribution is 5.75. The van der Waals surface area contributed by atoms with Crippen LogP contribution in [0.4, 0.5) is 4.79 Å². The molecule has 0 aromatic heterocycles. The minimum atomic E-state index is 0.117. The summed E-state index contributed by atoms with van der Waals surface area (Å²) >= 11 is 0. The third kappa shape index (κ3) is 3.57. The summed E-state index contributed by atoms with van der Waals surface area (Å²) in [5.41, 5.74) is 0. The van der Waals surface area contributed by atoms with Gasteiger partial charge in [0.2, 0.25) is 0 Å². The standard InChI is InChI=1S/C12H23N3O2/c1-10(9-17-2)14-5-7-15(8-6-14)12(16)13-11-3-4-11/h10-11H,3-9H2,1-2H3,(H,13,16). The molecule has 1 unspecified atom stereocenters. The fourth-order valence-electron chi connectivity index (χ4n) is 2.21. The van der Waals surface area contributed by atoms with Crippen molar-refractivity contribution in [2.45, 2.75) is 31.8 Å². The maximum Gasteiger partial charge on any atom is 0.317 e. The smallest absolute Gasteiger partial charge is 0.317 e. The van der Waals surface area contributed by atoms with E-state index >= 15 is 0 Å². The third-order valence-electron chi connectivity index (χ3n) is 3.54. The van der Waals surface area contributed by atoms with Crippen molar-refractivity contribution in [1.82, 2.24) is 15.1 Å². The van der Waals surface area contributed by atoms with Gasteiger partial charge in [0.05, 0.1) is 6.61 Å². The van der Waals surface area contributed by atoms with E-state index in [0.717, 1.165) is 45.6 Å². The predicted octanol–water partition coefficient (Wildman–Crippen LogP) is 0.511. The first-order chi connectivity index (χ1) is 8.20. The molecule has 5 heteroatoms. The van der Waals surface area contributed by atoms with Gasteiger partial charge in [0.1, 0.15) is 0 Å². The maximum atomic E-state index is 11.8. The molecule has 2 fully saturated rings. The number of nitrogens with one attached hydrogen (secondary N) is 1. The van der Waals surface area contributed by atoms with Crippen molar-refractivity contribution >= 4 is 6.03 Å². The Labute approximate surface area is 103 Å². The van der Waals surface area contributed by atoms with Crippen LogP contribution in [0.15, 0.2) is 0 Å². The minimum Gasteiger partial charge on any atom is -0.383 e. The van der Waals surface area contributed by atoms with Crippen molar-refractivity contribution in [3.8, 4) is 0 Å². The first-order valence-electron chi connectivity index (χ1n) is 6.49. The molecule has 1 saturated heterocycles. The Morgan fingerprint density at radius 2 is 2.00 bits per heavy atom. The van der Waals surface area contributed by atoms with Gasteiger partial charge in [0.15, 0.2) is 0 Å². The Kier molecular flexibility index (Phi) is 4.23. The zero-order chi connectivity index (χ0) is 12.3. The van der Waals surface area contributed by atoms with Crippen molar-refractivity contribution in [2.75, 3.05) is 39.9 Å². The van der Waals surface area contributed by atoms with Crippen molar-refractivity contribution in [1.29, 1.82) is 0 Å². The summed E-state index contributed by atoms with van der Waals surface area (Å²) < 4.78 is 5.16. The normalized spacial score (nSPS) is 23.5. The van der Waals surface area contributed by atoms with Gasteiger partial charge in [-0.05, 0) is 19.8 Å². The zero-order valence-corrected chi connectivity index (χ0v) is 10.8. The monoisotopic (exact) mass is 241 g/mol. The summed E-state index contributed by atoms with van der Waals surface area (Å²) in [5, 5.41) is 3.04. The molecule has 1 N–H and O–H groups in total. The second-order valence-electron chi connectivity index (χ2n) is 5.05. The average molecular weight is 241 g/mol. The molecule has 0 aromatic rings. The van der Waals surface area contributed by atoms with Crippen LogP contribution in [-0.4, -0.2) is 67.8 Å². The molecule has 0 radical (unpaired) electrons. The fourth-order valence-corrected chi connectivity index (χ4v) is 2.21. The molecule has 1 heterocycles. The second kappa shape index (κ2) is 5.69. The van der Waals surface area contributed by atoms with E-state index < -0.39 is 0 Å². The van der Waals surface area contributed by atoms with Gasteiger partial charge in [0.25, 0.3) is 0 Å². The van der Waals surface area contributed by atoms with Crippen LogP contribution in [0, 0.1) is 0 Å². The summed E-state index contributed by atoms with van der Waals surface area (Å²) in [6.45, 7) is 6.47. The number of carbonyl (C=O) groups is 1. The second-order valence-corrected chi connectivity index (χ2v) is 5.05. The van der Waals surface area contributed by atoms with E-state index in [1.807, 2.05) is 4.90 Å². The maximum absolute atomic E-state index is 11.8. The van der Waals surface area contributed by atoms with Gasteiger partial charge in [-0.3, -0.25) is 4.90 Å². The Balaban J connectivity index is 1.71. The van der Waals surface area contributed by atoms with Crippen molar-refractivity contribution in [3.05, 3.63) is 0 Å². The zero-order valence-electron chi connectivity index (χ0n) is 10.8. The van der Waals surface area contributed by atoms with Gasteiger partial charge < -0.3 is 15.0 Å². The van der Waals surface area contributed by atoms with E-state index in [0.29, 0.717) is 12.1 Å². The molecule has 1 atom stereocenters. The fraction of sp³-hybridized carbons (Fsp3) is 0.917. The van der Waals surface area contributed by atoms with E-state index in [4.69, 9.17) is 4.74 Å². The SMILES string of the molecule is COCC(C)N1CCN(C(=O)NC2CC2)CC1. The Morgan fingerprint density at radius 1 is 1.35 bits per heavy atom. The molecule has 2 aliphatic rings. The first kappa shape index (κ1) is 12.6. The van der Waals surface area contributed by atoms with Crippen LogP contribution >= 0.6 is 0 Å². The minimum absolute atomic E-state index is 0.117. The van der Waals surface area contributed by atoms with Crippen LogP contribution in [0.25, 0.3) is 0 Å². The molecule has 5 nitrogen and oxygen atoms in total. The quantitative estimate of drug-likeness (QED) is 0.780. The Morgan fingerprint density at radius 3 is 2.53 bits per heavy atom. The van der Waals surface area contributed by atoms with Gasteiger partial charge in [-0.15, -0.1) is 0 Å². The van der Waals surface area contributed by atoms with Gasteiger partial charge in [-0.2, -0.15) is 0 Å². The molecule has 1 saturated carbocycles. The van der Waals surface area contributed by atoms with Crippen LogP contribution in [0.5, 0.6) is 0 Å². The van der Waals surface area contributed by atoms with E-state index in [2.05, 4.69) is 17.1 Å². The molecule has 0 spiro atoms. The van der Waals surface area contributed by atoms with Crippen LogP contribution < -0.4 is 5.32 Å². The molecule has 0 aromatic carbocycles. The molecule has 1 aliphatic heterocycles. The Bertz CT molecular complexity index is 260. The van der Waals surface area contributed by atoms with Crippen LogP contribution in [0.3, 0.4) is 0 Å². The number of urea groups is 1. The molecular weight excluding hydrogens is 218 g/mol. The summed E-state index contributed by atoms with van der Waals surface area (Å²) in [4.78, 5) is 16.1. The largest absolute Gasteiger partial charge is 0.383 e. The van der Waals surface area contributed by atoms with E-state index in [1.165, 1.54) is 0 Å². The highest BCUT2D eigenvalue weighted by Gasteiger charge is 2.28. The van der Waals surface area contributed by atoms with Gasteiger partial charge in [-0.1, -0.05) is 0 Å². The number of amides is 2. The van der Waals surface area contributed by atoms with Gasteiger partial charge >= 0.3 is 6.03 Å². The molecule has 17 heavy (non-hydrogen) atoms. The molecular formula is C12H23N3O2. The first-order valence-corrected chi connectivity index (χ1v) is 6.49. The Hall–Kier alpha value is -0.810. The number of methoxy groups -OCH3 is 1. The molecule has 0 bridgehead atoms. The molecule has 2 amide bonds. The molecule has 2 rings (SSSR count). The summed E-state index contributed by atoms with van der Waals surface area (Å²) in [6.07, 6.45) is 2.30. The lowest BCUT2D eigenvalue weighted by Crippen LogP contribution is -2.54. The molecule has 1 aliphatic carbocycles. The van der Waals surface area contributed by atoms with Crippen molar-refractivity contribution in [3.63, 3.8) is 0 Å². The topological polar surface area (TPSA) is 44.8 Å². The average Bonchev–Trinajstić information content (AvgIpc) is 3.13. The number of ether oxygens (including phenoxy) is 1. The highest BCUT2D eigenvalue weighted by atomic mass is 16.5. The summed E-state index contributed by atoms with van der Waals surface area (Å²) in [5.74, 6) is 0. The molecule has 98 valence electrons. The van der Waals surface area contributed by atoms with Crippen molar-refractivity contribution in [2.24, 2.45) is 0 Å². The highest BCUT2D eigenvalue weighted by Crippen LogP contribution is 2.19. The number of hydrogen-bond donors (Lipinski definition) is 1. The van der Waals surface area contributed by atoms with E-state index in [9.17, 15) is 4.79 Å². The third-order valence-corrected chi connectivity index (χ3v) is 3.54. The van der Waals surface area contributed by atoms with Gasteiger partial charge in [-0.25, -0.2) is 4.79 Å². The predicted molar refractivity (Wildman–Crippen MR) is 66.0 cm³/mol. The summed E-state index contributed by atoms with van der Waals surface area (Å²) in [7, 11) is 1.73. The van der Waals surface area contributed by atoms with E-state index in [-0.39, 0.29) is 6.03 Å².